The van der Waals surface area contributed by atoms with Gasteiger partial charge in [-0.2, -0.15) is 0 Å². The second kappa shape index (κ2) is 12.3. The molecule has 206 valence electrons. The Hall–Kier alpha value is -4.21. The summed E-state index contributed by atoms with van der Waals surface area (Å²) in [6.45, 7) is 4.69. The van der Waals surface area contributed by atoms with E-state index in [1.165, 1.54) is 28.7 Å². The molecule has 2 aromatic heterocycles. The molecule has 0 saturated carbocycles. The lowest BCUT2D eigenvalue weighted by Gasteiger charge is -2.32. The van der Waals surface area contributed by atoms with Crippen LogP contribution in [0.1, 0.15) is 37.5 Å². The van der Waals surface area contributed by atoms with Gasteiger partial charge in [0.05, 0.1) is 31.0 Å². The van der Waals surface area contributed by atoms with Crippen molar-refractivity contribution in [2.75, 3.05) is 44.1 Å². The van der Waals surface area contributed by atoms with Gasteiger partial charge in [-0.05, 0) is 60.9 Å². The summed E-state index contributed by atoms with van der Waals surface area (Å²) in [6, 6.07) is 17.3. The number of ether oxygens (including phenoxy) is 2. The molecule has 1 N–H and O–H groups in total. The highest BCUT2D eigenvalue weighted by molar-refractivity contribution is 7.08. The Balaban J connectivity index is 1.33. The first kappa shape index (κ1) is 27.4. The summed E-state index contributed by atoms with van der Waals surface area (Å²) >= 11 is 1.38. The van der Waals surface area contributed by atoms with E-state index in [2.05, 4.69) is 21.3 Å². The van der Waals surface area contributed by atoms with Gasteiger partial charge in [0.1, 0.15) is 0 Å². The molecule has 0 unspecified atom stereocenters. The first-order valence-electron chi connectivity index (χ1n) is 13.1. The summed E-state index contributed by atoms with van der Waals surface area (Å²) in [5.74, 6) is 1.00. The number of anilines is 2. The van der Waals surface area contributed by atoms with Crippen LogP contribution >= 0.6 is 11.3 Å². The molecule has 4 aromatic rings. The van der Waals surface area contributed by atoms with Crippen LogP contribution in [0.15, 0.2) is 71.6 Å². The molecule has 0 spiro atoms. The monoisotopic (exact) mass is 556 g/mol. The number of nitrogens with zero attached hydrogens (tertiary/aromatic N) is 3. The molecule has 5 rings (SSSR count). The number of aryl methyl sites for hydroxylation is 1. The number of fused-ring (bicyclic) bond motifs is 1. The number of para-hydroxylation sites is 1. The van der Waals surface area contributed by atoms with E-state index in [1.54, 1.807) is 42.0 Å². The number of hydrogen-bond donors (Lipinski definition) is 1. The van der Waals surface area contributed by atoms with Crippen LogP contribution < -0.4 is 19.7 Å². The molecule has 0 aliphatic carbocycles. The fourth-order valence-electron chi connectivity index (χ4n) is 4.83. The molecule has 1 aliphatic rings. The third-order valence-electron chi connectivity index (χ3n) is 7.06. The summed E-state index contributed by atoms with van der Waals surface area (Å²) in [5, 5.41) is 6.48. The van der Waals surface area contributed by atoms with Crippen molar-refractivity contribution in [1.29, 1.82) is 0 Å². The zero-order valence-corrected chi connectivity index (χ0v) is 23.7. The van der Waals surface area contributed by atoms with Crippen molar-refractivity contribution in [2.24, 2.45) is 0 Å². The maximum Gasteiger partial charge on any atom is 0.261 e. The maximum atomic E-state index is 13.9. The second-order valence-electron chi connectivity index (χ2n) is 9.64. The first-order chi connectivity index (χ1) is 19.5. The van der Waals surface area contributed by atoms with Crippen LogP contribution in [0.4, 0.5) is 11.4 Å². The molecule has 40 heavy (non-hydrogen) atoms. The van der Waals surface area contributed by atoms with Crippen LogP contribution in [0.5, 0.6) is 11.5 Å². The normalized spacial score (nSPS) is 12.9. The topological polar surface area (TPSA) is 84.0 Å². The Bertz CT molecular complexity index is 1490. The van der Waals surface area contributed by atoms with Crippen LogP contribution in [0.2, 0.25) is 0 Å². The summed E-state index contributed by atoms with van der Waals surface area (Å²) in [5.41, 5.74) is 5.49. The Kier molecular flexibility index (Phi) is 8.42. The minimum Gasteiger partial charge on any atom is -0.493 e. The molecule has 0 bridgehead atoms. The third kappa shape index (κ3) is 6.00. The van der Waals surface area contributed by atoms with Crippen molar-refractivity contribution >= 4 is 34.5 Å². The van der Waals surface area contributed by atoms with Crippen LogP contribution in [-0.4, -0.2) is 55.6 Å². The summed E-state index contributed by atoms with van der Waals surface area (Å²) in [7, 11) is 3.30. The van der Waals surface area contributed by atoms with Crippen molar-refractivity contribution in [3.05, 3.63) is 99.5 Å². The van der Waals surface area contributed by atoms with Crippen molar-refractivity contribution in [3.8, 4) is 11.5 Å². The van der Waals surface area contributed by atoms with Crippen molar-refractivity contribution < 1.29 is 19.1 Å². The van der Waals surface area contributed by atoms with Crippen molar-refractivity contribution in [2.45, 2.75) is 19.9 Å². The quantitative estimate of drug-likeness (QED) is 0.296. The third-order valence-corrected chi connectivity index (χ3v) is 7.81. The second-order valence-corrected chi connectivity index (χ2v) is 10.4. The summed E-state index contributed by atoms with van der Waals surface area (Å²) in [6.07, 6.45) is 2.43. The molecule has 1 aliphatic heterocycles. The predicted octanol–water partition coefficient (Wildman–Crippen LogP) is 5.43. The standard InChI is InChI=1S/C31H32N4O4S/c1-21-9-10-23(17-32-21)30(36)33-27-20-40-19-26(27)31(37)35(25-7-5-4-6-8-25)14-13-34-12-11-22-15-28(38-2)29(39-3)16-24(22)18-34/h4-10,15-17,19-20H,11-14,18H2,1-3H3,(H,33,36). The van der Waals surface area contributed by atoms with E-state index in [4.69, 9.17) is 9.47 Å². The number of amides is 2. The van der Waals surface area contributed by atoms with E-state index in [0.717, 1.165) is 42.4 Å². The molecular formula is C31H32N4O4S. The number of methoxy groups -OCH3 is 2. The molecule has 0 saturated heterocycles. The summed E-state index contributed by atoms with van der Waals surface area (Å²) < 4.78 is 11.0. The minimum atomic E-state index is -0.301. The van der Waals surface area contributed by atoms with Gasteiger partial charge in [-0.15, -0.1) is 11.3 Å². The van der Waals surface area contributed by atoms with Gasteiger partial charge in [0.15, 0.2) is 11.5 Å². The number of nitrogens with one attached hydrogen (secondary N) is 1. The molecule has 2 aromatic carbocycles. The van der Waals surface area contributed by atoms with Gasteiger partial charge in [-0.25, -0.2) is 0 Å². The maximum absolute atomic E-state index is 13.9. The highest BCUT2D eigenvalue weighted by Gasteiger charge is 2.25. The molecule has 2 amide bonds. The van der Waals surface area contributed by atoms with Gasteiger partial charge in [-0.3, -0.25) is 19.5 Å². The average molecular weight is 557 g/mol. The summed E-state index contributed by atoms with van der Waals surface area (Å²) in [4.78, 5) is 35.1. The van der Waals surface area contributed by atoms with Crippen molar-refractivity contribution in [3.63, 3.8) is 0 Å². The average Bonchev–Trinajstić information content (AvgIpc) is 3.45. The molecule has 9 heteroatoms. The highest BCUT2D eigenvalue weighted by Crippen LogP contribution is 2.33. The lowest BCUT2D eigenvalue weighted by molar-refractivity contribution is 0.0984. The molecule has 0 fully saturated rings. The van der Waals surface area contributed by atoms with E-state index in [-0.39, 0.29) is 11.8 Å². The Labute approximate surface area is 238 Å². The van der Waals surface area contributed by atoms with Gasteiger partial charge < -0.3 is 19.7 Å². The van der Waals surface area contributed by atoms with E-state index >= 15 is 0 Å². The molecule has 3 heterocycles. The number of pyridine rings is 1. The SMILES string of the molecule is COc1cc2c(cc1OC)CN(CCN(C(=O)c1cscc1NC(=O)c1ccc(C)nc1)c1ccccc1)CC2. The van der Waals surface area contributed by atoms with Crippen LogP contribution in [0, 0.1) is 6.92 Å². The van der Waals surface area contributed by atoms with Crippen LogP contribution in [0.25, 0.3) is 0 Å². The van der Waals surface area contributed by atoms with Gasteiger partial charge in [0, 0.05) is 54.5 Å². The van der Waals surface area contributed by atoms with E-state index in [1.807, 2.05) is 43.3 Å². The minimum absolute atomic E-state index is 0.159. The van der Waals surface area contributed by atoms with Crippen LogP contribution in [0.3, 0.4) is 0 Å². The lowest BCUT2D eigenvalue weighted by atomic mass is 9.99. The fraction of sp³-hybridized carbons (Fsp3) is 0.258. The Morgan fingerprint density at radius 3 is 2.48 bits per heavy atom. The molecular weight excluding hydrogens is 524 g/mol. The van der Waals surface area contributed by atoms with Gasteiger partial charge >= 0.3 is 0 Å². The van der Waals surface area contributed by atoms with Crippen LogP contribution in [-0.2, 0) is 13.0 Å². The zero-order valence-electron chi connectivity index (χ0n) is 22.8. The Morgan fingerprint density at radius 2 is 1.77 bits per heavy atom. The predicted molar refractivity (Wildman–Crippen MR) is 158 cm³/mol. The number of rotatable bonds is 9. The smallest absolute Gasteiger partial charge is 0.261 e. The number of carbonyl (C=O) groups is 2. The zero-order chi connectivity index (χ0) is 28.1. The highest BCUT2D eigenvalue weighted by atomic mass is 32.1. The number of hydrogen-bond acceptors (Lipinski definition) is 7. The molecule has 8 nitrogen and oxygen atoms in total. The molecule has 0 atom stereocenters. The van der Waals surface area contributed by atoms with Gasteiger partial charge in [0.2, 0.25) is 0 Å². The van der Waals surface area contributed by atoms with Gasteiger partial charge in [0.25, 0.3) is 11.8 Å². The van der Waals surface area contributed by atoms with E-state index in [0.29, 0.717) is 29.9 Å². The van der Waals surface area contributed by atoms with Crippen molar-refractivity contribution in [1.82, 2.24) is 9.88 Å². The first-order valence-corrected chi connectivity index (χ1v) is 14.0. The van der Waals surface area contributed by atoms with E-state index in [9.17, 15) is 9.59 Å². The number of benzene rings is 2. The number of aromatic nitrogens is 1. The van der Waals surface area contributed by atoms with Gasteiger partial charge in [-0.1, -0.05) is 18.2 Å². The lowest BCUT2D eigenvalue weighted by Crippen LogP contribution is -2.40. The fourth-order valence-corrected chi connectivity index (χ4v) is 5.59. The number of thiophene rings is 1. The Morgan fingerprint density at radius 1 is 1.02 bits per heavy atom. The van der Waals surface area contributed by atoms with E-state index < -0.39 is 0 Å². The largest absolute Gasteiger partial charge is 0.493 e. The molecule has 0 radical (unpaired) electrons. The number of carbonyl (C=O) groups excluding carboxylic acids is 2.